The predicted molar refractivity (Wildman–Crippen MR) is 113 cm³/mol. The van der Waals surface area contributed by atoms with Gasteiger partial charge >= 0.3 is 0 Å². The molecule has 2 heterocycles. The van der Waals surface area contributed by atoms with Crippen molar-refractivity contribution in [1.29, 1.82) is 0 Å². The third-order valence-corrected chi connectivity index (χ3v) is 5.20. The first-order valence-electron chi connectivity index (χ1n) is 10.2. The second-order valence-corrected chi connectivity index (χ2v) is 7.39. The summed E-state index contributed by atoms with van der Waals surface area (Å²) in [5.74, 6) is 1.74. The van der Waals surface area contributed by atoms with E-state index in [-0.39, 0.29) is 17.8 Å². The van der Waals surface area contributed by atoms with Gasteiger partial charge < -0.3 is 13.9 Å². The summed E-state index contributed by atoms with van der Waals surface area (Å²) in [5, 5.41) is 19.0. The smallest absolute Gasteiger partial charge is 0.269 e. The van der Waals surface area contributed by atoms with Gasteiger partial charge in [0, 0.05) is 37.2 Å². The fourth-order valence-corrected chi connectivity index (χ4v) is 3.31. The van der Waals surface area contributed by atoms with E-state index in [4.69, 9.17) is 13.9 Å². The minimum absolute atomic E-state index is 0.0232. The van der Waals surface area contributed by atoms with Gasteiger partial charge in [0.05, 0.1) is 30.3 Å². The highest BCUT2D eigenvalue weighted by Crippen LogP contribution is 2.28. The molecule has 0 aliphatic carbocycles. The van der Waals surface area contributed by atoms with Gasteiger partial charge in [0.25, 0.3) is 5.69 Å². The quantitative estimate of drug-likeness (QED) is 0.274. The van der Waals surface area contributed by atoms with Crippen LogP contribution in [0.1, 0.15) is 25.3 Å². The fourth-order valence-electron chi connectivity index (χ4n) is 3.31. The molecule has 1 aliphatic rings. The molecule has 162 valence electrons. The number of rotatable bonds is 10. The zero-order valence-corrected chi connectivity index (χ0v) is 17.2. The van der Waals surface area contributed by atoms with Crippen LogP contribution in [0.2, 0.25) is 0 Å². The standard InChI is InChI=1S/C22H24N4O5/c1-16(21-23-24-22(31-21)17-8-10-18(11-9-17)26(27)28)25-14-20(15-25)30-13-5-12-29-19-6-3-2-4-7-19/h2-4,6-11,16,20H,5,12-15H2,1H3/t16-/m0/s1. The van der Waals surface area contributed by atoms with Crippen LogP contribution in [-0.4, -0.2) is 52.4 Å². The molecule has 0 spiro atoms. The molecule has 0 radical (unpaired) electrons. The molecule has 1 fully saturated rings. The molecule has 0 unspecified atom stereocenters. The summed E-state index contributed by atoms with van der Waals surface area (Å²) in [7, 11) is 0. The van der Waals surface area contributed by atoms with E-state index in [1.807, 2.05) is 37.3 Å². The third-order valence-electron chi connectivity index (χ3n) is 5.20. The first-order chi connectivity index (χ1) is 15.1. The van der Waals surface area contributed by atoms with E-state index in [0.717, 1.165) is 25.3 Å². The molecule has 1 aromatic heterocycles. The van der Waals surface area contributed by atoms with Crippen molar-refractivity contribution in [2.75, 3.05) is 26.3 Å². The normalized spacial score (nSPS) is 15.4. The van der Waals surface area contributed by atoms with Crippen molar-refractivity contribution in [3.05, 3.63) is 70.6 Å². The van der Waals surface area contributed by atoms with E-state index >= 15 is 0 Å². The number of benzene rings is 2. The highest BCUT2D eigenvalue weighted by atomic mass is 16.6. The van der Waals surface area contributed by atoms with Gasteiger partial charge in [0.2, 0.25) is 11.8 Å². The SMILES string of the molecule is C[C@@H](c1nnc(-c2ccc([N+](=O)[O-])cc2)o1)N1CC(OCCCOc2ccccc2)C1. The van der Waals surface area contributed by atoms with Crippen molar-refractivity contribution in [2.24, 2.45) is 0 Å². The monoisotopic (exact) mass is 424 g/mol. The van der Waals surface area contributed by atoms with Crippen molar-refractivity contribution in [1.82, 2.24) is 15.1 Å². The second kappa shape index (κ2) is 9.67. The minimum Gasteiger partial charge on any atom is -0.494 e. The van der Waals surface area contributed by atoms with Gasteiger partial charge in [-0.1, -0.05) is 18.2 Å². The van der Waals surface area contributed by atoms with Gasteiger partial charge in [0.1, 0.15) is 5.75 Å². The summed E-state index contributed by atoms with van der Waals surface area (Å²) in [5.41, 5.74) is 0.675. The van der Waals surface area contributed by atoms with Crippen LogP contribution >= 0.6 is 0 Å². The Morgan fingerprint density at radius 2 is 1.87 bits per heavy atom. The number of aromatic nitrogens is 2. The maximum absolute atomic E-state index is 10.8. The van der Waals surface area contributed by atoms with Crippen molar-refractivity contribution in [3.8, 4) is 17.2 Å². The van der Waals surface area contributed by atoms with E-state index in [1.54, 1.807) is 12.1 Å². The number of nitro benzene ring substituents is 1. The Kier molecular flexibility index (Phi) is 6.54. The van der Waals surface area contributed by atoms with Crippen molar-refractivity contribution < 1.29 is 18.8 Å². The Morgan fingerprint density at radius 1 is 1.13 bits per heavy atom. The maximum Gasteiger partial charge on any atom is 0.269 e. The Labute approximate surface area is 179 Å². The number of ether oxygens (including phenoxy) is 2. The summed E-state index contributed by atoms with van der Waals surface area (Å²) < 4.78 is 17.3. The number of hydrogen-bond acceptors (Lipinski definition) is 8. The maximum atomic E-state index is 10.8. The van der Waals surface area contributed by atoms with E-state index in [1.165, 1.54) is 12.1 Å². The number of non-ortho nitro benzene ring substituents is 1. The summed E-state index contributed by atoms with van der Waals surface area (Å²) in [4.78, 5) is 12.5. The van der Waals surface area contributed by atoms with Crippen molar-refractivity contribution >= 4 is 5.69 Å². The lowest BCUT2D eigenvalue weighted by atomic mass is 10.1. The van der Waals surface area contributed by atoms with Crippen LogP contribution < -0.4 is 4.74 Å². The van der Waals surface area contributed by atoms with Gasteiger partial charge in [0.15, 0.2) is 0 Å². The average Bonchev–Trinajstić information content (AvgIpc) is 3.25. The summed E-state index contributed by atoms with van der Waals surface area (Å²) in [6, 6.07) is 15.8. The number of hydrogen-bond donors (Lipinski definition) is 0. The van der Waals surface area contributed by atoms with Crippen LogP contribution in [0.3, 0.4) is 0 Å². The molecule has 3 aromatic rings. The number of nitro groups is 1. The highest BCUT2D eigenvalue weighted by Gasteiger charge is 2.34. The van der Waals surface area contributed by atoms with Crippen molar-refractivity contribution in [2.45, 2.75) is 25.5 Å². The van der Waals surface area contributed by atoms with Crippen LogP contribution in [0.4, 0.5) is 5.69 Å². The fraction of sp³-hybridized carbons (Fsp3) is 0.364. The first kappa shape index (κ1) is 21.0. The minimum atomic E-state index is -0.441. The molecule has 0 saturated carbocycles. The molecule has 0 bridgehead atoms. The molecule has 0 N–H and O–H groups in total. The Balaban J connectivity index is 1.18. The summed E-state index contributed by atoms with van der Waals surface area (Å²) in [6.07, 6.45) is 1.03. The largest absolute Gasteiger partial charge is 0.494 e. The molecular formula is C22H24N4O5. The predicted octanol–water partition coefficient (Wildman–Crippen LogP) is 3.88. The van der Waals surface area contributed by atoms with Crippen molar-refractivity contribution in [3.63, 3.8) is 0 Å². The molecule has 0 amide bonds. The molecule has 1 aliphatic heterocycles. The molecule has 4 rings (SSSR count). The summed E-state index contributed by atoms with van der Waals surface area (Å²) >= 11 is 0. The molecule has 2 aromatic carbocycles. The van der Waals surface area contributed by atoms with Crippen LogP contribution in [-0.2, 0) is 4.74 Å². The Hall–Kier alpha value is -3.30. The lowest BCUT2D eigenvalue weighted by molar-refractivity contribution is -0.384. The van der Waals surface area contributed by atoms with Gasteiger partial charge in [-0.05, 0) is 31.2 Å². The van der Waals surface area contributed by atoms with Crippen LogP contribution in [0.25, 0.3) is 11.5 Å². The third kappa shape index (κ3) is 5.25. The number of para-hydroxylation sites is 1. The van der Waals surface area contributed by atoms with Gasteiger partial charge in [-0.3, -0.25) is 15.0 Å². The zero-order valence-electron chi connectivity index (χ0n) is 17.2. The number of likely N-dealkylation sites (tertiary alicyclic amines) is 1. The Bertz CT molecular complexity index is 987. The first-order valence-corrected chi connectivity index (χ1v) is 10.2. The average molecular weight is 424 g/mol. The highest BCUT2D eigenvalue weighted by molar-refractivity contribution is 5.55. The summed E-state index contributed by atoms with van der Waals surface area (Å²) in [6.45, 7) is 4.90. The molecule has 31 heavy (non-hydrogen) atoms. The van der Waals surface area contributed by atoms with Gasteiger partial charge in [-0.15, -0.1) is 10.2 Å². The van der Waals surface area contributed by atoms with E-state index in [9.17, 15) is 10.1 Å². The van der Waals surface area contributed by atoms with Crippen LogP contribution in [0, 0.1) is 10.1 Å². The molecule has 1 atom stereocenters. The van der Waals surface area contributed by atoms with Crippen LogP contribution in [0.5, 0.6) is 5.75 Å². The molecule has 9 heteroatoms. The number of nitrogens with zero attached hydrogens (tertiary/aromatic N) is 4. The Morgan fingerprint density at radius 3 is 2.58 bits per heavy atom. The van der Waals surface area contributed by atoms with Crippen LogP contribution in [0.15, 0.2) is 59.0 Å². The molecular weight excluding hydrogens is 400 g/mol. The van der Waals surface area contributed by atoms with Gasteiger partial charge in [-0.25, -0.2) is 0 Å². The lowest BCUT2D eigenvalue weighted by Gasteiger charge is -2.41. The molecule has 9 nitrogen and oxygen atoms in total. The zero-order chi connectivity index (χ0) is 21.6. The topological polar surface area (TPSA) is 104 Å². The van der Waals surface area contributed by atoms with E-state index < -0.39 is 4.92 Å². The molecule has 1 saturated heterocycles. The lowest BCUT2D eigenvalue weighted by Crippen LogP contribution is -2.53. The van der Waals surface area contributed by atoms with E-state index in [0.29, 0.717) is 30.6 Å². The van der Waals surface area contributed by atoms with Gasteiger partial charge in [-0.2, -0.15) is 0 Å². The van der Waals surface area contributed by atoms with E-state index in [2.05, 4.69) is 15.1 Å². The second-order valence-electron chi connectivity index (χ2n) is 7.39.